The second-order valence-electron chi connectivity index (χ2n) is 9.97. The van der Waals surface area contributed by atoms with Crippen molar-refractivity contribution in [3.63, 3.8) is 0 Å². The molecule has 2 amide bonds. The molecule has 0 aliphatic rings. The van der Waals surface area contributed by atoms with E-state index in [2.05, 4.69) is 21.1 Å². The van der Waals surface area contributed by atoms with Crippen molar-refractivity contribution in [2.45, 2.75) is 6.42 Å². The van der Waals surface area contributed by atoms with Crippen molar-refractivity contribution in [2.24, 2.45) is 10.2 Å². The Labute approximate surface area is 287 Å². The summed E-state index contributed by atoms with van der Waals surface area (Å²) in [6.07, 6.45) is 1.41. The third-order valence-electron chi connectivity index (χ3n) is 6.54. The fourth-order valence-electron chi connectivity index (χ4n) is 4.04. The molecule has 2 N–H and O–H groups in total. The van der Waals surface area contributed by atoms with Crippen LogP contribution in [-0.2, 0) is 9.59 Å². The van der Waals surface area contributed by atoms with Gasteiger partial charge >= 0.3 is 23.3 Å². The smallest absolute Gasteiger partial charge is 0.343 e. The molecule has 0 radical (unpaired) electrons. The van der Waals surface area contributed by atoms with Gasteiger partial charge in [0.15, 0.2) is 0 Å². The van der Waals surface area contributed by atoms with Gasteiger partial charge in [0.2, 0.25) is 23.3 Å². The standard InChI is InChI=1S/C33H26N6O12/c1-48-24-9-5-22(6-10-24)32(42)50-28-13-3-20(15-26(28)38(44)45)18-34-36-30(40)17-31(41)37-35-19-21-4-14-29(27(16-21)39(46)47)51-33(43)23-7-11-25(49-2)12-8-23/h3-16,18-19H,17H2,1-2H3,(H,36,40)(H,37,41)/b34-18-,35-19-. The number of rotatable bonds is 14. The molecule has 4 aromatic carbocycles. The fourth-order valence-corrected chi connectivity index (χ4v) is 4.04. The number of amides is 2. The number of hydrazone groups is 2. The number of nitrogens with one attached hydrogen (secondary N) is 2. The van der Waals surface area contributed by atoms with E-state index in [9.17, 15) is 39.4 Å². The number of nitro groups is 2. The SMILES string of the molecule is COc1ccc(C(=O)Oc2ccc(/C=N\NC(=O)CC(=O)N/N=C\c3ccc(OC(=O)c4ccc(OC)cc4)c([N+](=O)[O-])c3)cc2[N+](=O)[O-])cc1. The average Bonchev–Trinajstić information content (AvgIpc) is 3.12. The molecule has 51 heavy (non-hydrogen) atoms. The molecule has 18 nitrogen and oxygen atoms in total. The number of nitro benzene ring substituents is 2. The van der Waals surface area contributed by atoms with Crippen LogP contribution in [0.25, 0.3) is 0 Å². The Balaban J connectivity index is 1.29. The predicted octanol–water partition coefficient (Wildman–Crippen LogP) is 3.95. The van der Waals surface area contributed by atoms with Crippen LogP contribution in [0.5, 0.6) is 23.0 Å². The molecule has 0 saturated heterocycles. The number of esters is 2. The lowest BCUT2D eigenvalue weighted by Gasteiger charge is -2.07. The molecule has 260 valence electrons. The first kappa shape index (κ1) is 36.3. The lowest BCUT2D eigenvalue weighted by molar-refractivity contribution is -0.385. The van der Waals surface area contributed by atoms with E-state index in [4.69, 9.17) is 18.9 Å². The van der Waals surface area contributed by atoms with E-state index >= 15 is 0 Å². The van der Waals surface area contributed by atoms with E-state index in [1.54, 1.807) is 0 Å². The second kappa shape index (κ2) is 17.1. The van der Waals surface area contributed by atoms with Crippen LogP contribution >= 0.6 is 0 Å². The van der Waals surface area contributed by atoms with Gasteiger partial charge in [-0.2, -0.15) is 10.2 Å². The van der Waals surface area contributed by atoms with E-state index in [0.717, 1.165) is 24.6 Å². The number of ether oxygens (including phenoxy) is 4. The maximum absolute atomic E-state index is 12.4. The van der Waals surface area contributed by atoms with Crippen LogP contribution in [0.1, 0.15) is 38.3 Å². The normalized spacial score (nSPS) is 10.7. The Morgan fingerprint density at radius 2 is 1.00 bits per heavy atom. The highest BCUT2D eigenvalue weighted by atomic mass is 16.6. The molecule has 0 aromatic heterocycles. The molecule has 0 fully saturated rings. The highest BCUT2D eigenvalue weighted by Crippen LogP contribution is 2.30. The van der Waals surface area contributed by atoms with Gasteiger partial charge in [0.25, 0.3) is 0 Å². The number of hydrogen-bond acceptors (Lipinski definition) is 14. The molecule has 18 heteroatoms. The van der Waals surface area contributed by atoms with Crippen molar-refractivity contribution >= 4 is 47.6 Å². The third-order valence-corrected chi connectivity index (χ3v) is 6.54. The topological polar surface area (TPSA) is 240 Å². The van der Waals surface area contributed by atoms with Gasteiger partial charge in [0.1, 0.15) is 17.9 Å². The lowest BCUT2D eigenvalue weighted by atomic mass is 10.2. The third kappa shape index (κ3) is 10.2. The summed E-state index contributed by atoms with van der Waals surface area (Å²) in [7, 11) is 2.91. The van der Waals surface area contributed by atoms with Crippen molar-refractivity contribution in [3.05, 3.63) is 127 Å². The molecule has 0 atom stereocenters. The van der Waals surface area contributed by atoms with Crippen LogP contribution in [0.2, 0.25) is 0 Å². The summed E-state index contributed by atoms with van der Waals surface area (Å²) in [5, 5.41) is 30.5. The summed E-state index contributed by atoms with van der Waals surface area (Å²) in [4.78, 5) is 70.9. The fraction of sp³-hybridized carbons (Fsp3) is 0.0909. The van der Waals surface area contributed by atoms with Crippen LogP contribution in [0, 0.1) is 20.2 Å². The summed E-state index contributed by atoms with van der Waals surface area (Å²) in [6.45, 7) is 0. The van der Waals surface area contributed by atoms with Gasteiger partial charge < -0.3 is 18.9 Å². The quantitative estimate of drug-likeness (QED) is 0.0475. The minimum absolute atomic E-state index is 0.136. The Morgan fingerprint density at radius 1 is 0.627 bits per heavy atom. The van der Waals surface area contributed by atoms with Crippen LogP contribution in [-0.4, -0.2) is 60.2 Å². The Morgan fingerprint density at radius 3 is 1.33 bits per heavy atom. The zero-order chi connectivity index (χ0) is 36.9. The molecule has 0 aliphatic carbocycles. The second-order valence-corrected chi connectivity index (χ2v) is 9.97. The van der Waals surface area contributed by atoms with Crippen LogP contribution < -0.4 is 29.8 Å². The van der Waals surface area contributed by atoms with Crippen LogP contribution in [0.15, 0.2) is 95.1 Å². The Kier molecular flexibility index (Phi) is 12.2. The first-order chi connectivity index (χ1) is 24.5. The minimum atomic E-state index is -0.864. The highest BCUT2D eigenvalue weighted by molar-refractivity contribution is 5.98. The van der Waals surface area contributed by atoms with E-state index in [1.807, 2.05) is 0 Å². The zero-order valence-electron chi connectivity index (χ0n) is 26.6. The number of nitrogens with zero attached hydrogens (tertiary/aromatic N) is 4. The van der Waals surface area contributed by atoms with E-state index < -0.39 is 51.4 Å². The molecule has 0 bridgehead atoms. The van der Waals surface area contributed by atoms with Crippen molar-refractivity contribution in [1.82, 2.24) is 10.9 Å². The molecular formula is C33H26N6O12. The molecule has 4 rings (SSSR count). The van der Waals surface area contributed by atoms with Crippen molar-refractivity contribution in [1.29, 1.82) is 0 Å². The lowest BCUT2D eigenvalue weighted by Crippen LogP contribution is -2.27. The van der Waals surface area contributed by atoms with Crippen LogP contribution in [0.3, 0.4) is 0 Å². The van der Waals surface area contributed by atoms with Crippen molar-refractivity contribution in [2.75, 3.05) is 14.2 Å². The van der Waals surface area contributed by atoms with Gasteiger partial charge in [-0.05, 0) is 72.8 Å². The summed E-state index contributed by atoms with van der Waals surface area (Å²) < 4.78 is 20.4. The van der Waals surface area contributed by atoms with E-state index in [0.29, 0.717) is 11.5 Å². The minimum Gasteiger partial charge on any atom is -0.497 e. The number of carbonyl (C=O) groups is 4. The van der Waals surface area contributed by atoms with Gasteiger partial charge in [-0.25, -0.2) is 20.4 Å². The maximum Gasteiger partial charge on any atom is 0.343 e. The van der Waals surface area contributed by atoms with E-state index in [1.165, 1.54) is 87.0 Å². The molecular weight excluding hydrogens is 672 g/mol. The molecule has 0 spiro atoms. The van der Waals surface area contributed by atoms with Gasteiger partial charge in [-0.1, -0.05) is 0 Å². The molecule has 0 unspecified atom stereocenters. The first-order valence-corrected chi connectivity index (χ1v) is 14.4. The molecule has 0 aliphatic heterocycles. The van der Waals surface area contributed by atoms with Gasteiger partial charge in [0, 0.05) is 23.3 Å². The first-order valence-electron chi connectivity index (χ1n) is 14.4. The molecule has 4 aromatic rings. The van der Waals surface area contributed by atoms with Crippen molar-refractivity contribution < 1.29 is 48.0 Å². The van der Waals surface area contributed by atoms with Gasteiger partial charge in [0.05, 0.1) is 47.6 Å². The van der Waals surface area contributed by atoms with Crippen LogP contribution in [0.4, 0.5) is 11.4 Å². The summed E-state index contributed by atoms with van der Waals surface area (Å²) in [5.74, 6) is -3.03. The number of carbonyl (C=O) groups excluding carboxylic acids is 4. The maximum atomic E-state index is 12.4. The summed E-state index contributed by atoms with van der Waals surface area (Å²) in [5.41, 5.74) is 3.68. The Bertz CT molecular complexity index is 1880. The Hall–Kier alpha value is -7.50. The molecule has 0 heterocycles. The van der Waals surface area contributed by atoms with Gasteiger partial charge in [-0.3, -0.25) is 29.8 Å². The van der Waals surface area contributed by atoms with Gasteiger partial charge in [-0.15, -0.1) is 0 Å². The number of hydrogen-bond donors (Lipinski definition) is 2. The monoisotopic (exact) mass is 698 g/mol. The van der Waals surface area contributed by atoms with Crippen molar-refractivity contribution in [3.8, 4) is 23.0 Å². The summed E-state index contributed by atoms with van der Waals surface area (Å²) >= 11 is 0. The predicted molar refractivity (Wildman–Crippen MR) is 178 cm³/mol. The number of methoxy groups -OCH3 is 2. The zero-order valence-corrected chi connectivity index (χ0v) is 26.6. The summed E-state index contributed by atoms with van der Waals surface area (Å²) in [6, 6.07) is 19.0. The number of benzene rings is 4. The largest absolute Gasteiger partial charge is 0.497 e. The highest BCUT2D eigenvalue weighted by Gasteiger charge is 2.21. The van der Waals surface area contributed by atoms with E-state index in [-0.39, 0.29) is 33.8 Å². The molecule has 0 saturated carbocycles. The average molecular weight is 699 g/mol.